The molecule has 4 heteroatoms. The van der Waals surface area contributed by atoms with Crippen molar-refractivity contribution in [2.24, 2.45) is 0 Å². The van der Waals surface area contributed by atoms with E-state index in [0.29, 0.717) is 11.6 Å². The van der Waals surface area contributed by atoms with Crippen LogP contribution in [0, 0.1) is 0 Å². The highest BCUT2D eigenvalue weighted by Crippen LogP contribution is 2.65. The molecule has 5 aliphatic rings. The van der Waals surface area contributed by atoms with E-state index in [1.54, 1.807) is 0 Å². The van der Waals surface area contributed by atoms with Crippen LogP contribution in [0.5, 0.6) is 0 Å². The quantitative estimate of drug-likeness (QED) is 0.160. The highest BCUT2D eigenvalue weighted by molar-refractivity contribution is 5.98. The van der Waals surface area contributed by atoms with E-state index >= 15 is 0 Å². The SMILES string of the molecule is C1=CC2=C(CC1)c1ccccc1C21c2ccccc2-c2ccc(-c3cc(-c4ccc(-c5ccc(-c6cc(-c7ccc8c(c7)C7(c9ccccc9-c9ccccc97)c7ccccc7-8)nc(-c7ccccc7)n6)cc5)cc4)nc(-c4ccccc4)n3)cc21. The summed E-state index contributed by atoms with van der Waals surface area (Å²) in [4.78, 5) is 21.3. The maximum absolute atomic E-state index is 5.36. The standard InChI is InChI=1S/C82H52N4/c1-3-19-55(20-4-1)79-83-75(49-77(85-79)57-43-45-65-63-27-11-17-33-71(63)81(73(65)47-57)67-29-13-7-23-59(67)60-24-8-14-30-68(60)81)53-39-35-51(36-40-53)52-37-41-54(42-38-52)76-50-78(86-80(84-76)56-21-5-2-6-22-56)58-44-46-66-64-28-12-18-34-72(64)82(74(66)48-58)69-31-15-9-25-61(69)62-26-10-16-32-70(62)82/h1-9,11-25,27-50H,10,26H2. The Morgan fingerprint density at radius 2 is 0.570 bits per heavy atom. The van der Waals surface area contributed by atoms with Crippen molar-refractivity contribution in [3.8, 4) is 112 Å². The molecular weight excluding hydrogens is 1040 g/mol. The predicted octanol–water partition coefficient (Wildman–Crippen LogP) is 19.7. The molecule has 2 aromatic heterocycles. The fourth-order valence-corrected chi connectivity index (χ4v) is 15.4. The largest absolute Gasteiger partial charge is 0.228 e. The zero-order valence-electron chi connectivity index (χ0n) is 46.9. The van der Waals surface area contributed by atoms with Gasteiger partial charge in [0.15, 0.2) is 11.6 Å². The Morgan fingerprint density at radius 3 is 1.01 bits per heavy atom. The molecule has 0 N–H and O–H groups in total. The average molecular weight is 1090 g/mol. The van der Waals surface area contributed by atoms with E-state index in [9.17, 15) is 0 Å². The number of nitrogens with zero attached hydrogens (tertiary/aromatic N) is 4. The van der Waals surface area contributed by atoms with E-state index in [4.69, 9.17) is 19.9 Å². The Balaban J connectivity index is 0.703. The van der Waals surface area contributed by atoms with Crippen molar-refractivity contribution >= 4 is 5.57 Å². The average Bonchev–Trinajstić information content (AvgIpc) is 1.54. The Morgan fingerprint density at radius 1 is 0.244 bits per heavy atom. The van der Waals surface area contributed by atoms with Crippen LogP contribution in [-0.2, 0) is 10.8 Å². The molecule has 1 atom stereocenters. The Hall–Kier alpha value is -10.9. The lowest BCUT2D eigenvalue weighted by Gasteiger charge is -2.32. The number of benzene rings is 11. The van der Waals surface area contributed by atoms with E-state index in [2.05, 4.69) is 279 Å². The second kappa shape index (κ2) is 18.8. The third-order valence-electron chi connectivity index (χ3n) is 19.1. The van der Waals surface area contributed by atoms with Gasteiger partial charge in [0, 0.05) is 33.4 Å². The van der Waals surface area contributed by atoms with Gasteiger partial charge in [0.2, 0.25) is 0 Å². The van der Waals surface area contributed by atoms with E-state index in [1.165, 1.54) is 89.0 Å². The van der Waals surface area contributed by atoms with Gasteiger partial charge < -0.3 is 0 Å². The first-order chi connectivity index (χ1) is 42.6. The number of hydrogen-bond donors (Lipinski definition) is 0. The molecule has 0 saturated carbocycles. The summed E-state index contributed by atoms with van der Waals surface area (Å²) in [6.45, 7) is 0. The lowest BCUT2D eigenvalue weighted by molar-refractivity contribution is 0.780. The van der Waals surface area contributed by atoms with Crippen LogP contribution in [0.1, 0.15) is 57.3 Å². The van der Waals surface area contributed by atoms with Gasteiger partial charge in [-0.05, 0) is 137 Å². The fraction of sp³-hybridized carbons (Fsp3) is 0.0488. The van der Waals surface area contributed by atoms with Crippen molar-refractivity contribution < 1.29 is 0 Å². The van der Waals surface area contributed by atoms with Crippen LogP contribution < -0.4 is 0 Å². The van der Waals surface area contributed by atoms with Gasteiger partial charge in [0.25, 0.3) is 0 Å². The van der Waals surface area contributed by atoms with Gasteiger partial charge in [-0.15, -0.1) is 0 Å². The smallest absolute Gasteiger partial charge is 0.160 e. The van der Waals surface area contributed by atoms with Crippen molar-refractivity contribution in [3.63, 3.8) is 0 Å². The molecule has 0 saturated heterocycles. The van der Waals surface area contributed by atoms with Gasteiger partial charge >= 0.3 is 0 Å². The van der Waals surface area contributed by atoms with Gasteiger partial charge in [-0.1, -0.05) is 267 Å². The lowest BCUT2D eigenvalue weighted by Crippen LogP contribution is -2.27. The molecule has 86 heavy (non-hydrogen) atoms. The molecule has 0 amide bonds. The molecule has 5 aliphatic carbocycles. The van der Waals surface area contributed by atoms with Gasteiger partial charge in [0.05, 0.1) is 33.6 Å². The van der Waals surface area contributed by atoms with Crippen molar-refractivity contribution in [1.29, 1.82) is 0 Å². The number of allylic oxidation sites excluding steroid dienone is 4. The molecule has 18 rings (SSSR count). The summed E-state index contributed by atoms with van der Waals surface area (Å²) in [5.41, 5.74) is 32.2. The number of fused-ring (bicyclic) bond motifs is 19. The summed E-state index contributed by atoms with van der Waals surface area (Å²) in [5.74, 6) is 1.39. The van der Waals surface area contributed by atoms with E-state index < -0.39 is 10.8 Å². The van der Waals surface area contributed by atoms with E-state index in [-0.39, 0.29) is 0 Å². The highest BCUT2D eigenvalue weighted by atomic mass is 14.9. The molecule has 11 aromatic carbocycles. The summed E-state index contributed by atoms with van der Waals surface area (Å²) in [6.07, 6.45) is 6.89. The first-order valence-corrected chi connectivity index (χ1v) is 29.9. The first-order valence-electron chi connectivity index (χ1n) is 29.9. The minimum absolute atomic E-state index is 0.405. The van der Waals surface area contributed by atoms with Gasteiger partial charge in [-0.25, -0.2) is 19.9 Å². The van der Waals surface area contributed by atoms with Crippen LogP contribution >= 0.6 is 0 Å². The van der Waals surface area contributed by atoms with Crippen molar-refractivity contribution in [2.75, 3.05) is 0 Å². The number of rotatable bonds is 7. The molecule has 13 aromatic rings. The summed E-state index contributed by atoms with van der Waals surface area (Å²) in [6, 6.07) is 102. The lowest BCUT2D eigenvalue weighted by atomic mass is 9.69. The van der Waals surface area contributed by atoms with Crippen molar-refractivity contribution in [1.82, 2.24) is 19.9 Å². The molecule has 2 spiro atoms. The highest BCUT2D eigenvalue weighted by Gasteiger charge is 2.53. The molecule has 0 fully saturated rings. The van der Waals surface area contributed by atoms with Crippen LogP contribution in [-0.4, -0.2) is 19.9 Å². The summed E-state index contributed by atoms with van der Waals surface area (Å²) < 4.78 is 0. The third-order valence-corrected chi connectivity index (χ3v) is 19.1. The molecule has 0 bridgehead atoms. The normalized spacial score (nSPS) is 15.6. The fourth-order valence-electron chi connectivity index (χ4n) is 15.4. The van der Waals surface area contributed by atoms with Crippen molar-refractivity contribution in [2.45, 2.75) is 23.7 Å². The second-order valence-corrected chi connectivity index (χ2v) is 23.4. The van der Waals surface area contributed by atoms with E-state index in [1.807, 2.05) is 12.1 Å². The predicted molar refractivity (Wildman–Crippen MR) is 349 cm³/mol. The molecule has 0 aliphatic heterocycles. The molecule has 1 unspecified atom stereocenters. The summed E-state index contributed by atoms with van der Waals surface area (Å²) in [5, 5.41) is 0. The Kier molecular flexibility index (Phi) is 10.6. The van der Waals surface area contributed by atoms with E-state index in [0.717, 1.165) is 80.1 Å². The number of aromatic nitrogens is 4. The summed E-state index contributed by atoms with van der Waals surface area (Å²) >= 11 is 0. The van der Waals surface area contributed by atoms with Crippen LogP contribution in [0.4, 0.5) is 0 Å². The molecule has 400 valence electrons. The van der Waals surface area contributed by atoms with Crippen LogP contribution in [0.25, 0.3) is 118 Å². The minimum atomic E-state index is -0.454. The zero-order chi connectivity index (χ0) is 56.5. The number of hydrogen-bond acceptors (Lipinski definition) is 4. The van der Waals surface area contributed by atoms with Crippen molar-refractivity contribution in [3.05, 3.63) is 341 Å². The monoisotopic (exact) mass is 1090 g/mol. The summed E-state index contributed by atoms with van der Waals surface area (Å²) in [7, 11) is 0. The molecule has 4 nitrogen and oxygen atoms in total. The topological polar surface area (TPSA) is 51.6 Å². The van der Waals surface area contributed by atoms with Crippen LogP contribution in [0.3, 0.4) is 0 Å². The van der Waals surface area contributed by atoms with Gasteiger partial charge in [0.1, 0.15) is 0 Å². The Bertz CT molecular complexity index is 4970. The molecule has 0 radical (unpaired) electrons. The molecule has 2 heterocycles. The zero-order valence-corrected chi connectivity index (χ0v) is 46.9. The first kappa shape index (κ1) is 48.6. The van der Waals surface area contributed by atoms with Crippen LogP contribution in [0.15, 0.2) is 297 Å². The van der Waals surface area contributed by atoms with Gasteiger partial charge in [-0.2, -0.15) is 0 Å². The maximum Gasteiger partial charge on any atom is 0.160 e. The molecular formula is C82H52N4. The van der Waals surface area contributed by atoms with Crippen LogP contribution in [0.2, 0.25) is 0 Å². The Labute approximate surface area is 500 Å². The third kappa shape index (κ3) is 6.98. The minimum Gasteiger partial charge on any atom is -0.228 e. The second-order valence-electron chi connectivity index (χ2n) is 23.4. The van der Waals surface area contributed by atoms with Gasteiger partial charge in [-0.3, -0.25) is 0 Å². The maximum atomic E-state index is 5.36.